The van der Waals surface area contributed by atoms with Crippen molar-refractivity contribution in [2.75, 3.05) is 65.4 Å². The van der Waals surface area contributed by atoms with Crippen molar-refractivity contribution in [1.82, 2.24) is 20.9 Å². The SMILES string of the molecule is NCC(N)CCNCCNCCN1CCNCC1. The van der Waals surface area contributed by atoms with Gasteiger partial charge in [0.05, 0.1) is 0 Å². The van der Waals surface area contributed by atoms with Gasteiger partial charge in [-0.05, 0) is 13.0 Å². The van der Waals surface area contributed by atoms with E-state index in [1.54, 1.807) is 0 Å². The average molecular weight is 258 g/mol. The summed E-state index contributed by atoms with van der Waals surface area (Å²) in [6.07, 6.45) is 0.956. The number of piperazine rings is 1. The zero-order valence-electron chi connectivity index (χ0n) is 11.5. The Bertz CT molecular complexity index is 183. The van der Waals surface area contributed by atoms with Crippen LogP contribution >= 0.6 is 0 Å². The van der Waals surface area contributed by atoms with Crippen LogP contribution in [-0.4, -0.2) is 76.4 Å². The highest BCUT2D eigenvalue weighted by atomic mass is 15.2. The second-order valence-electron chi connectivity index (χ2n) is 4.88. The van der Waals surface area contributed by atoms with E-state index < -0.39 is 0 Å². The van der Waals surface area contributed by atoms with Crippen LogP contribution in [0.4, 0.5) is 0 Å². The van der Waals surface area contributed by atoms with Gasteiger partial charge in [0.2, 0.25) is 0 Å². The highest BCUT2D eigenvalue weighted by Crippen LogP contribution is 1.89. The third kappa shape index (κ3) is 7.97. The molecule has 1 aliphatic heterocycles. The summed E-state index contributed by atoms with van der Waals surface area (Å²) < 4.78 is 0. The molecule has 0 aliphatic carbocycles. The lowest BCUT2D eigenvalue weighted by atomic mass is 10.2. The van der Waals surface area contributed by atoms with Gasteiger partial charge in [-0.1, -0.05) is 0 Å². The van der Waals surface area contributed by atoms with Crippen LogP contribution in [0.15, 0.2) is 0 Å². The normalized spacial score (nSPS) is 19.0. The van der Waals surface area contributed by atoms with Crippen molar-refractivity contribution in [3.05, 3.63) is 0 Å². The average Bonchev–Trinajstić information content (AvgIpc) is 2.42. The second kappa shape index (κ2) is 10.7. The molecule has 0 amide bonds. The topological polar surface area (TPSA) is 91.4 Å². The molecule has 0 radical (unpaired) electrons. The monoisotopic (exact) mass is 258 g/mol. The van der Waals surface area contributed by atoms with Crippen molar-refractivity contribution in [3.63, 3.8) is 0 Å². The fraction of sp³-hybridized carbons (Fsp3) is 1.00. The van der Waals surface area contributed by atoms with E-state index in [0.717, 1.165) is 52.2 Å². The van der Waals surface area contributed by atoms with E-state index in [4.69, 9.17) is 11.5 Å². The van der Waals surface area contributed by atoms with E-state index in [1.165, 1.54) is 13.1 Å². The van der Waals surface area contributed by atoms with Crippen molar-refractivity contribution in [2.24, 2.45) is 11.5 Å². The molecule has 108 valence electrons. The van der Waals surface area contributed by atoms with E-state index in [0.29, 0.717) is 6.54 Å². The maximum atomic E-state index is 5.73. The van der Waals surface area contributed by atoms with Crippen molar-refractivity contribution in [3.8, 4) is 0 Å². The molecule has 0 aromatic carbocycles. The van der Waals surface area contributed by atoms with Crippen LogP contribution < -0.4 is 27.4 Å². The Hall–Kier alpha value is -0.240. The first kappa shape index (κ1) is 15.8. The zero-order chi connectivity index (χ0) is 13.1. The number of nitrogens with zero attached hydrogens (tertiary/aromatic N) is 1. The molecular weight excluding hydrogens is 228 g/mol. The quantitative estimate of drug-likeness (QED) is 0.284. The molecule has 1 heterocycles. The van der Waals surface area contributed by atoms with E-state index in [2.05, 4.69) is 20.9 Å². The first-order valence-electron chi connectivity index (χ1n) is 7.13. The minimum absolute atomic E-state index is 0.137. The third-order valence-electron chi connectivity index (χ3n) is 3.29. The summed E-state index contributed by atoms with van der Waals surface area (Å²) in [5.74, 6) is 0. The highest BCUT2D eigenvalue weighted by Gasteiger charge is 2.07. The molecular formula is C12H30N6. The van der Waals surface area contributed by atoms with Gasteiger partial charge in [-0.15, -0.1) is 0 Å². The smallest absolute Gasteiger partial charge is 0.0175 e. The zero-order valence-corrected chi connectivity index (χ0v) is 11.5. The molecule has 1 fully saturated rings. The molecule has 7 N–H and O–H groups in total. The van der Waals surface area contributed by atoms with Crippen LogP contribution in [0.5, 0.6) is 0 Å². The molecule has 0 saturated carbocycles. The summed E-state index contributed by atoms with van der Waals surface area (Å²) in [4.78, 5) is 2.50. The molecule has 1 unspecified atom stereocenters. The Balaban J connectivity index is 1.78. The van der Waals surface area contributed by atoms with Crippen LogP contribution in [0.25, 0.3) is 0 Å². The van der Waals surface area contributed by atoms with Crippen molar-refractivity contribution in [1.29, 1.82) is 0 Å². The van der Waals surface area contributed by atoms with Gasteiger partial charge in [-0.3, -0.25) is 4.90 Å². The van der Waals surface area contributed by atoms with Crippen LogP contribution in [-0.2, 0) is 0 Å². The summed E-state index contributed by atoms with van der Waals surface area (Å²) in [6, 6.07) is 0.137. The number of rotatable bonds is 10. The number of hydrogen-bond acceptors (Lipinski definition) is 6. The Morgan fingerprint density at radius 3 is 2.39 bits per heavy atom. The number of nitrogens with two attached hydrogens (primary N) is 2. The third-order valence-corrected chi connectivity index (χ3v) is 3.29. The summed E-state index contributed by atoms with van der Waals surface area (Å²) in [5, 5.41) is 10.2. The summed E-state index contributed by atoms with van der Waals surface area (Å²) in [7, 11) is 0. The van der Waals surface area contributed by atoms with Gasteiger partial charge in [0.25, 0.3) is 0 Å². The summed E-state index contributed by atoms with van der Waals surface area (Å²) >= 11 is 0. The van der Waals surface area contributed by atoms with Gasteiger partial charge in [0.1, 0.15) is 0 Å². The summed E-state index contributed by atoms with van der Waals surface area (Å²) in [6.45, 7) is 10.4. The molecule has 0 spiro atoms. The maximum absolute atomic E-state index is 5.73. The molecule has 0 aromatic rings. The van der Waals surface area contributed by atoms with Gasteiger partial charge in [-0.2, -0.15) is 0 Å². The predicted molar refractivity (Wildman–Crippen MR) is 76.7 cm³/mol. The van der Waals surface area contributed by atoms with Crippen LogP contribution in [0.3, 0.4) is 0 Å². The lowest BCUT2D eigenvalue weighted by molar-refractivity contribution is 0.241. The molecule has 0 bridgehead atoms. The lowest BCUT2D eigenvalue weighted by Crippen LogP contribution is -2.46. The Labute approximate surface area is 111 Å². The standard InChI is InChI=1S/C12H30N6/c13-11-12(14)1-2-15-3-4-16-5-8-18-9-6-17-7-10-18/h12,15-17H,1-11,13-14H2. The van der Waals surface area contributed by atoms with E-state index in [1.807, 2.05) is 0 Å². The molecule has 18 heavy (non-hydrogen) atoms. The van der Waals surface area contributed by atoms with Crippen LogP contribution in [0.2, 0.25) is 0 Å². The molecule has 1 rings (SSSR count). The molecule has 0 aromatic heterocycles. The molecule has 1 aliphatic rings. The highest BCUT2D eigenvalue weighted by molar-refractivity contribution is 4.68. The van der Waals surface area contributed by atoms with E-state index in [-0.39, 0.29) is 6.04 Å². The molecule has 1 saturated heterocycles. The molecule has 6 nitrogen and oxygen atoms in total. The fourth-order valence-electron chi connectivity index (χ4n) is 2.00. The van der Waals surface area contributed by atoms with Crippen LogP contribution in [0, 0.1) is 0 Å². The first-order valence-corrected chi connectivity index (χ1v) is 7.13. The largest absolute Gasteiger partial charge is 0.329 e. The van der Waals surface area contributed by atoms with Gasteiger partial charge in [0.15, 0.2) is 0 Å². The van der Waals surface area contributed by atoms with Gasteiger partial charge in [-0.25, -0.2) is 0 Å². The molecule has 1 atom stereocenters. The maximum Gasteiger partial charge on any atom is 0.0175 e. The van der Waals surface area contributed by atoms with Gasteiger partial charge < -0.3 is 27.4 Å². The van der Waals surface area contributed by atoms with Gasteiger partial charge in [0, 0.05) is 64.9 Å². The first-order chi connectivity index (χ1) is 8.83. The Kier molecular flexibility index (Phi) is 9.37. The summed E-state index contributed by atoms with van der Waals surface area (Å²) in [5.41, 5.74) is 11.2. The minimum Gasteiger partial charge on any atom is -0.329 e. The number of hydrogen-bond donors (Lipinski definition) is 5. The minimum atomic E-state index is 0.137. The Morgan fingerprint density at radius 2 is 1.72 bits per heavy atom. The number of nitrogens with one attached hydrogen (secondary N) is 3. The molecule has 6 heteroatoms. The predicted octanol–water partition coefficient (Wildman–Crippen LogP) is -2.25. The van der Waals surface area contributed by atoms with Crippen molar-refractivity contribution in [2.45, 2.75) is 12.5 Å². The van der Waals surface area contributed by atoms with Crippen molar-refractivity contribution < 1.29 is 0 Å². The fourth-order valence-corrected chi connectivity index (χ4v) is 2.00. The van der Waals surface area contributed by atoms with Gasteiger partial charge >= 0.3 is 0 Å². The Morgan fingerprint density at radius 1 is 1.06 bits per heavy atom. The van der Waals surface area contributed by atoms with E-state index >= 15 is 0 Å². The second-order valence-corrected chi connectivity index (χ2v) is 4.88. The van der Waals surface area contributed by atoms with Crippen molar-refractivity contribution >= 4 is 0 Å². The van der Waals surface area contributed by atoms with Crippen LogP contribution in [0.1, 0.15) is 6.42 Å². The lowest BCUT2D eigenvalue weighted by Gasteiger charge is -2.27. The van der Waals surface area contributed by atoms with E-state index in [9.17, 15) is 0 Å².